The second-order valence-electron chi connectivity index (χ2n) is 7.14. The lowest BCUT2D eigenvalue weighted by atomic mass is 10.2. The summed E-state index contributed by atoms with van der Waals surface area (Å²) in [5.74, 6) is 0.524. The minimum atomic E-state index is -3.93. The molecular weight excluding hydrogens is 382 g/mol. The Kier molecular flexibility index (Phi) is 6.79. The monoisotopic (exact) mass is 411 g/mol. The average molecular weight is 412 g/mol. The Morgan fingerprint density at radius 2 is 1.86 bits per heavy atom. The quantitative estimate of drug-likeness (QED) is 0.722. The summed E-state index contributed by atoms with van der Waals surface area (Å²) < 4.78 is 39.1. The Labute approximate surface area is 166 Å². The van der Waals surface area contributed by atoms with Crippen LogP contribution >= 0.6 is 0 Å². The van der Waals surface area contributed by atoms with Crippen LogP contribution in [0, 0.1) is 0 Å². The number of hydrogen-bond donors (Lipinski definition) is 1. The van der Waals surface area contributed by atoms with Gasteiger partial charge in [0.25, 0.3) is 0 Å². The van der Waals surface area contributed by atoms with Crippen LogP contribution in [-0.2, 0) is 14.8 Å². The minimum absolute atomic E-state index is 0.0364. The number of piperazine rings is 1. The van der Waals surface area contributed by atoms with Gasteiger partial charge in [-0.15, -0.1) is 0 Å². The number of hydrogen-bond acceptors (Lipinski definition) is 6. The predicted molar refractivity (Wildman–Crippen MR) is 105 cm³/mol. The molecule has 0 unspecified atom stereocenters. The smallest absolute Gasteiger partial charge is 0.247 e. The van der Waals surface area contributed by atoms with Gasteiger partial charge in [0, 0.05) is 38.3 Å². The van der Waals surface area contributed by atoms with Crippen molar-refractivity contribution >= 4 is 15.9 Å². The van der Waals surface area contributed by atoms with Crippen LogP contribution in [0.3, 0.4) is 0 Å². The molecule has 1 saturated heterocycles. The van der Waals surface area contributed by atoms with Gasteiger partial charge in [-0.1, -0.05) is 12.8 Å². The number of sulfonamides is 1. The summed E-state index contributed by atoms with van der Waals surface area (Å²) in [5.41, 5.74) is 0. The van der Waals surface area contributed by atoms with Gasteiger partial charge in [0.2, 0.25) is 15.9 Å². The molecular formula is C19H29N3O5S. The molecule has 28 heavy (non-hydrogen) atoms. The molecule has 1 heterocycles. The van der Waals surface area contributed by atoms with E-state index >= 15 is 0 Å². The number of nitrogens with zero attached hydrogens (tertiary/aromatic N) is 2. The summed E-state index contributed by atoms with van der Waals surface area (Å²) >= 11 is 0. The van der Waals surface area contributed by atoms with Crippen LogP contribution < -0.4 is 14.8 Å². The van der Waals surface area contributed by atoms with Crippen molar-refractivity contribution in [3.8, 4) is 11.5 Å². The van der Waals surface area contributed by atoms with Crippen LogP contribution in [0.1, 0.15) is 25.7 Å². The fourth-order valence-electron chi connectivity index (χ4n) is 3.86. The van der Waals surface area contributed by atoms with Crippen molar-refractivity contribution in [3.05, 3.63) is 18.2 Å². The van der Waals surface area contributed by atoms with Crippen molar-refractivity contribution in [1.29, 1.82) is 0 Å². The van der Waals surface area contributed by atoms with Crippen molar-refractivity contribution in [2.75, 3.05) is 46.9 Å². The summed E-state index contributed by atoms with van der Waals surface area (Å²) in [4.78, 5) is 14.6. The van der Waals surface area contributed by atoms with Crippen LogP contribution in [0.2, 0.25) is 0 Å². The van der Waals surface area contributed by atoms with Crippen molar-refractivity contribution in [3.63, 3.8) is 0 Å². The Hall–Kier alpha value is -1.84. The Balaban J connectivity index is 1.93. The highest BCUT2D eigenvalue weighted by molar-refractivity contribution is 7.89. The van der Waals surface area contributed by atoms with E-state index in [1.165, 1.54) is 24.6 Å². The molecule has 2 aliphatic rings. The molecule has 1 aliphatic heterocycles. The molecule has 1 aliphatic carbocycles. The number of ether oxygens (including phenoxy) is 2. The third-order valence-electron chi connectivity index (χ3n) is 5.45. The van der Waals surface area contributed by atoms with E-state index in [1.807, 2.05) is 0 Å². The molecule has 9 heteroatoms. The van der Waals surface area contributed by atoms with E-state index in [2.05, 4.69) is 5.32 Å². The van der Waals surface area contributed by atoms with Crippen LogP contribution in [-0.4, -0.2) is 76.5 Å². The van der Waals surface area contributed by atoms with E-state index in [9.17, 15) is 13.2 Å². The van der Waals surface area contributed by atoms with Gasteiger partial charge >= 0.3 is 0 Å². The molecule has 0 aromatic heterocycles. The molecule has 1 aromatic rings. The molecule has 0 radical (unpaired) electrons. The van der Waals surface area contributed by atoms with Gasteiger partial charge in [0.05, 0.1) is 20.8 Å². The zero-order valence-corrected chi connectivity index (χ0v) is 17.3. The highest BCUT2D eigenvalue weighted by Gasteiger charge is 2.37. The minimum Gasteiger partial charge on any atom is -0.497 e. The fourth-order valence-corrected chi connectivity index (χ4v) is 5.67. The van der Waals surface area contributed by atoms with E-state index in [0.29, 0.717) is 18.8 Å². The first kappa shape index (κ1) is 20.9. The zero-order valence-electron chi connectivity index (χ0n) is 16.5. The van der Waals surface area contributed by atoms with Gasteiger partial charge < -0.3 is 19.7 Å². The number of benzene rings is 1. The molecule has 0 spiro atoms. The molecule has 1 aromatic carbocycles. The van der Waals surface area contributed by atoms with Crippen LogP contribution in [0.4, 0.5) is 0 Å². The predicted octanol–water partition coefficient (Wildman–Crippen LogP) is 1.07. The summed E-state index contributed by atoms with van der Waals surface area (Å²) in [7, 11) is -1.00. The van der Waals surface area contributed by atoms with Gasteiger partial charge in [0.1, 0.15) is 16.4 Å². The lowest BCUT2D eigenvalue weighted by Crippen LogP contribution is -2.51. The third-order valence-corrected chi connectivity index (χ3v) is 7.37. The normalized spacial score (nSPS) is 18.5. The first-order chi connectivity index (χ1) is 13.5. The molecule has 3 rings (SSSR count). The fraction of sp³-hybridized carbons (Fsp3) is 0.632. The zero-order chi connectivity index (χ0) is 20.1. The van der Waals surface area contributed by atoms with Crippen LogP contribution in [0.25, 0.3) is 0 Å². The highest BCUT2D eigenvalue weighted by atomic mass is 32.2. The summed E-state index contributed by atoms with van der Waals surface area (Å²) in [6, 6.07) is 4.53. The van der Waals surface area contributed by atoms with Gasteiger partial charge in [-0.05, 0) is 25.0 Å². The van der Waals surface area contributed by atoms with Crippen molar-refractivity contribution < 1.29 is 22.7 Å². The van der Waals surface area contributed by atoms with Crippen molar-refractivity contribution in [1.82, 2.24) is 14.5 Å². The van der Waals surface area contributed by atoms with Crippen molar-refractivity contribution in [2.45, 2.75) is 36.6 Å². The molecule has 1 N–H and O–H groups in total. The van der Waals surface area contributed by atoms with Crippen LogP contribution in [0.15, 0.2) is 23.1 Å². The topological polar surface area (TPSA) is 88.2 Å². The van der Waals surface area contributed by atoms with Gasteiger partial charge in [-0.2, -0.15) is 4.31 Å². The molecule has 0 bridgehead atoms. The van der Waals surface area contributed by atoms with E-state index < -0.39 is 10.0 Å². The highest BCUT2D eigenvalue weighted by Crippen LogP contribution is 2.34. The molecule has 2 fully saturated rings. The number of nitrogens with one attached hydrogen (secondary N) is 1. The number of carbonyl (C=O) groups excluding carboxylic acids is 1. The lowest BCUT2D eigenvalue weighted by molar-refractivity contribution is -0.132. The lowest BCUT2D eigenvalue weighted by Gasteiger charge is -2.32. The second-order valence-corrected chi connectivity index (χ2v) is 9.00. The Bertz CT molecular complexity index is 787. The first-order valence-corrected chi connectivity index (χ1v) is 11.1. The largest absolute Gasteiger partial charge is 0.497 e. The Morgan fingerprint density at radius 3 is 2.46 bits per heavy atom. The number of methoxy groups -OCH3 is 2. The maximum absolute atomic E-state index is 13.6. The summed E-state index contributed by atoms with van der Waals surface area (Å²) in [6.45, 7) is 2.50. The third kappa shape index (κ3) is 4.42. The first-order valence-electron chi connectivity index (χ1n) is 9.69. The second kappa shape index (κ2) is 9.11. The van der Waals surface area contributed by atoms with E-state index in [1.54, 1.807) is 17.0 Å². The van der Waals surface area contributed by atoms with Gasteiger partial charge in [0.15, 0.2) is 0 Å². The molecule has 0 atom stereocenters. The number of carbonyl (C=O) groups is 1. The van der Waals surface area contributed by atoms with Crippen molar-refractivity contribution in [2.24, 2.45) is 0 Å². The van der Waals surface area contributed by atoms with E-state index in [-0.39, 0.29) is 29.1 Å². The Morgan fingerprint density at radius 1 is 1.18 bits per heavy atom. The van der Waals surface area contributed by atoms with Crippen LogP contribution in [0.5, 0.6) is 11.5 Å². The maximum atomic E-state index is 13.6. The molecule has 1 amide bonds. The maximum Gasteiger partial charge on any atom is 0.247 e. The van der Waals surface area contributed by atoms with Gasteiger partial charge in [-0.25, -0.2) is 8.42 Å². The summed E-state index contributed by atoms with van der Waals surface area (Å²) in [5, 5.41) is 3.21. The van der Waals surface area contributed by atoms with E-state index in [0.717, 1.165) is 38.8 Å². The summed E-state index contributed by atoms with van der Waals surface area (Å²) in [6.07, 6.45) is 3.46. The molecule has 156 valence electrons. The standard InChI is InChI=1S/C19H29N3O5S/c1-26-16-7-8-17(27-2)18(13-16)28(24,25)22(15-5-3-4-6-15)14-19(23)21-11-9-20-10-12-21/h7-8,13,15,20H,3-6,9-12,14H2,1-2H3. The number of amides is 1. The number of rotatable bonds is 7. The molecule has 8 nitrogen and oxygen atoms in total. The molecule has 1 saturated carbocycles. The SMILES string of the molecule is COc1ccc(OC)c(S(=O)(=O)N(CC(=O)N2CCNCC2)C2CCCC2)c1. The van der Waals surface area contributed by atoms with Gasteiger partial charge in [-0.3, -0.25) is 4.79 Å². The van der Waals surface area contributed by atoms with E-state index in [4.69, 9.17) is 9.47 Å². The average Bonchev–Trinajstić information content (AvgIpc) is 3.26.